The summed E-state index contributed by atoms with van der Waals surface area (Å²) in [5.41, 5.74) is -0.557. The quantitative estimate of drug-likeness (QED) is 0.453. The van der Waals surface area contributed by atoms with Crippen LogP contribution in [0.2, 0.25) is 0 Å². The van der Waals surface area contributed by atoms with Crippen LogP contribution in [-0.4, -0.2) is 10.9 Å². The fourth-order valence-corrected chi connectivity index (χ4v) is 3.41. The van der Waals surface area contributed by atoms with E-state index in [4.69, 9.17) is 4.89 Å². The summed E-state index contributed by atoms with van der Waals surface area (Å²) in [4.78, 5) is 4.96. The molecule has 0 radical (unpaired) electrons. The van der Waals surface area contributed by atoms with E-state index < -0.39 is 5.60 Å². The van der Waals surface area contributed by atoms with Gasteiger partial charge in [-0.1, -0.05) is 64.2 Å². The van der Waals surface area contributed by atoms with Crippen molar-refractivity contribution in [1.82, 2.24) is 0 Å². The number of allylic oxidation sites excluding steroid dienone is 4. The molecule has 6 atom stereocenters. The zero-order valence-corrected chi connectivity index (χ0v) is 13.1. The molecule has 0 aromatic heterocycles. The van der Waals surface area contributed by atoms with E-state index in [0.717, 1.165) is 12.8 Å². The first-order valence-electron chi connectivity index (χ1n) is 7.85. The third-order valence-corrected chi connectivity index (χ3v) is 5.58. The van der Waals surface area contributed by atoms with Crippen molar-refractivity contribution in [3.63, 3.8) is 0 Å². The van der Waals surface area contributed by atoms with Gasteiger partial charge in [0.15, 0.2) is 0 Å². The Balaban J connectivity index is 2.16. The summed E-state index contributed by atoms with van der Waals surface area (Å²) in [6.45, 7) is 8.91. The first kappa shape index (κ1) is 15.5. The number of hydrogen-bond donors (Lipinski definition) is 1. The van der Waals surface area contributed by atoms with Crippen LogP contribution in [0, 0.1) is 29.6 Å². The van der Waals surface area contributed by atoms with Crippen molar-refractivity contribution in [3.8, 4) is 0 Å². The lowest BCUT2D eigenvalue weighted by molar-refractivity contribution is -0.323. The van der Waals surface area contributed by atoms with E-state index in [2.05, 4.69) is 64.2 Å². The van der Waals surface area contributed by atoms with Crippen LogP contribution >= 0.6 is 0 Å². The minimum absolute atomic E-state index is 0.278. The van der Waals surface area contributed by atoms with Gasteiger partial charge in [-0.15, -0.1) is 0 Å². The normalized spacial score (nSPS) is 45.1. The molecular formula is C18H28O2. The number of hydrogen-bond acceptors (Lipinski definition) is 2. The zero-order chi connectivity index (χ0) is 14.8. The standard InChI is InChI=1S/C18H28O2/c1-13-7-5-9-17(15(13)3)10-12-18(20-19)11-6-8-14(2)16(18)4/h5-8,10,12-17,19H,9,11H2,1-4H3. The summed E-state index contributed by atoms with van der Waals surface area (Å²) in [7, 11) is 0. The lowest BCUT2D eigenvalue weighted by atomic mass is 9.72. The van der Waals surface area contributed by atoms with Crippen LogP contribution in [0.5, 0.6) is 0 Å². The van der Waals surface area contributed by atoms with Crippen molar-refractivity contribution in [2.75, 3.05) is 0 Å². The molecule has 20 heavy (non-hydrogen) atoms. The van der Waals surface area contributed by atoms with Gasteiger partial charge in [-0.3, -0.25) is 5.26 Å². The Bertz CT molecular complexity index is 410. The second-order valence-corrected chi connectivity index (χ2v) is 6.73. The predicted molar refractivity (Wildman–Crippen MR) is 83.2 cm³/mol. The Hall–Kier alpha value is -0.860. The van der Waals surface area contributed by atoms with Gasteiger partial charge in [0.05, 0.1) is 0 Å². The van der Waals surface area contributed by atoms with Crippen LogP contribution in [0.4, 0.5) is 0 Å². The van der Waals surface area contributed by atoms with E-state index in [9.17, 15) is 5.26 Å². The molecule has 0 bridgehead atoms. The molecule has 0 spiro atoms. The maximum absolute atomic E-state index is 9.48. The Kier molecular flexibility index (Phi) is 4.87. The zero-order valence-electron chi connectivity index (χ0n) is 13.1. The van der Waals surface area contributed by atoms with Crippen LogP contribution in [0.25, 0.3) is 0 Å². The molecule has 0 aromatic carbocycles. The summed E-state index contributed by atoms with van der Waals surface area (Å²) >= 11 is 0. The van der Waals surface area contributed by atoms with Crippen molar-refractivity contribution in [3.05, 3.63) is 36.5 Å². The maximum atomic E-state index is 9.48. The van der Waals surface area contributed by atoms with E-state index >= 15 is 0 Å². The highest BCUT2D eigenvalue weighted by Crippen LogP contribution is 2.39. The highest BCUT2D eigenvalue weighted by molar-refractivity contribution is 5.17. The molecule has 0 heterocycles. The average molecular weight is 276 g/mol. The second kappa shape index (κ2) is 6.28. The topological polar surface area (TPSA) is 29.5 Å². The molecule has 0 saturated heterocycles. The van der Waals surface area contributed by atoms with Crippen LogP contribution < -0.4 is 0 Å². The molecule has 6 unspecified atom stereocenters. The van der Waals surface area contributed by atoms with Gasteiger partial charge in [0.1, 0.15) is 5.60 Å². The third-order valence-electron chi connectivity index (χ3n) is 5.58. The molecule has 112 valence electrons. The summed E-state index contributed by atoms with van der Waals surface area (Å²) in [5.74, 6) is 2.49. The van der Waals surface area contributed by atoms with Gasteiger partial charge in [-0.05, 0) is 36.0 Å². The molecule has 2 aliphatic rings. The Labute approximate surface area is 123 Å². The van der Waals surface area contributed by atoms with Gasteiger partial charge in [0.25, 0.3) is 0 Å². The minimum atomic E-state index is -0.557. The predicted octanol–water partition coefficient (Wildman–Crippen LogP) is 4.85. The molecule has 0 amide bonds. The van der Waals surface area contributed by atoms with Gasteiger partial charge in [-0.2, -0.15) is 0 Å². The molecule has 2 rings (SSSR count). The lowest BCUT2D eigenvalue weighted by Crippen LogP contribution is -2.41. The Morgan fingerprint density at radius 3 is 2.50 bits per heavy atom. The molecule has 2 aliphatic carbocycles. The van der Waals surface area contributed by atoms with Gasteiger partial charge >= 0.3 is 0 Å². The van der Waals surface area contributed by atoms with Gasteiger partial charge in [-0.25, -0.2) is 4.89 Å². The van der Waals surface area contributed by atoms with Crippen LogP contribution in [-0.2, 0) is 4.89 Å². The Morgan fingerprint density at radius 2 is 1.80 bits per heavy atom. The van der Waals surface area contributed by atoms with E-state index in [1.54, 1.807) is 0 Å². The first-order valence-corrected chi connectivity index (χ1v) is 7.85. The highest BCUT2D eigenvalue weighted by atomic mass is 17.1. The summed E-state index contributed by atoms with van der Waals surface area (Å²) < 4.78 is 0. The summed E-state index contributed by atoms with van der Waals surface area (Å²) in [5, 5.41) is 9.48. The summed E-state index contributed by atoms with van der Waals surface area (Å²) in [6, 6.07) is 0. The van der Waals surface area contributed by atoms with Crippen LogP contribution in [0.1, 0.15) is 40.5 Å². The molecule has 0 saturated carbocycles. The number of rotatable bonds is 3. The molecule has 1 N–H and O–H groups in total. The van der Waals surface area contributed by atoms with Crippen molar-refractivity contribution < 1.29 is 10.1 Å². The van der Waals surface area contributed by atoms with Crippen molar-refractivity contribution in [1.29, 1.82) is 0 Å². The van der Waals surface area contributed by atoms with Gasteiger partial charge in [0, 0.05) is 6.42 Å². The molecule has 0 fully saturated rings. The van der Waals surface area contributed by atoms with E-state index in [1.807, 2.05) is 0 Å². The summed E-state index contributed by atoms with van der Waals surface area (Å²) in [6.07, 6.45) is 15.1. The molecule has 2 heteroatoms. The fourth-order valence-electron chi connectivity index (χ4n) is 3.41. The Morgan fingerprint density at radius 1 is 1.10 bits per heavy atom. The van der Waals surface area contributed by atoms with E-state index in [-0.39, 0.29) is 5.92 Å². The molecular weight excluding hydrogens is 248 g/mol. The minimum Gasteiger partial charge on any atom is -0.251 e. The third kappa shape index (κ3) is 2.91. The van der Waals surface area contributed by atoms with E-state index in [1.165, 1.54) is 0 Å². The monoisotopic (exact) mass is 276 g/mol. The van der Waals surface area contributed by atoms with Gasteiger partial charge < -0.3 is 0 Å². The van der Waals surface area contributed by atoms with Crippen molar-refractivity contribution >= 4 is 0 Å². The largest absolute Gasteiger partial charge is 0.251 e. The molecule has 0 aromatic rings. The first-order chi connectivity index (χ1) is 9.50. The fraction of sp³-hybridized carbons (Fsp3) is 0.667. The van der Waals surface area contributed by atoms with E-state index in [0.29, 0.717) is 23.7 Å². The molecule has 2 nitrogen and oxygen atoms in total. The SMILES string of the molecule is CC1C=CCC(C=CC2(OO)CC=CC(C)C2C)C1C. The van der Waals surface area contributed by atoms with Crippen molar-refractivity contribution in [2.45, 2.75) is 46.1 Å². The lowest BCUT2D eigenvalue weighted by Gasteiger charge is -2.39. The second-order valence-electron chi connectivity index (χ2n) is 6.73. The van der Waals surface area contributed by atoms with Gasteiger partial charge in [0.2, 0.25) is 0 Å². The van der Waals surface area contributed by atoms with Crippen LogP contribution in [0.3, 0.4) is 0 Å². The maximum Gasteiger partial charge on any atom is 0.128 e. The molecule has 0 aliphatic heterocycles. The smallest absolute Gasteiger partial charge is 0.128 e. The highest BCUT2D eigenvalue weighted by Gasteiger charge is 2.39. The van der Waals surface area contributed by atoms with Crippen molar-refractivity contribution in [2.24, 2.45) is 29.6 Å². The average Bonchev–Trinajstić information content (AvgIpc) is 2.45. The van der Waals surface area contributed by atoms with Crippen LogP contribution in [0.15, 0.2) is 36.5 Å².